The molecule has 1 aliphatic heterocycles. The first-order chi connectivity index (χ1) is 9.52. The number of hydrogen-bond donors (Lipinski definition) is 2. The number of nitrogens with one attached hydrogen (secondary N) is 1. The number of carbonyl (C=O) groups excluding carboxylic acids is 1. The van der Waals surface area contributed by atoms with E-state index in [1.807, 2.05) is 0 Å². The SMILES string of the molecule is CC(C)CCOCCNC(=O)N1CCOCC1C(=O)O. The fourth-order valence-electron chi connectivity index (χ4n) is 1.80. The van der Waals surface area contributed by atoms with Gasteiger partial charge in [-0.15, -0.1) is 0 Å². The van der Waals surface area contributed by atoms with Crippen molar-refractivity contribution in [2.24, 2.45) is 5.92 Å². The summed E-state index contributed by atoms with van der Waals surface area (Å²) >= 11 is 0. The topological polar surface area (TPSA) is 88.1 Å². The first-order valence-electron chi connectivity index (χ1n) is 6.95. The summed E-state index contributed by atoms with van der Waals surface area (Å²) in [4.78, 5) is 24.2. The maximum atomic E-state index is 11.9. The highest BCUT2D eigenvalue weighted by atomic mass is 16.5. The number of urea groups is 1. The van der Waals surface area contributed by atoms with Gasteiger partial charge < -0.3 is 24.8 Å². The predicted octanol–water partition coefficient (Wildman–Crippen LogP) is 0.544. The van der Waals surface area contributed by atoms with Crippen LogP contribution in [0.5, 0.6) is 0 Å². The van der Waals surface area contributed by atoms with E-state index in [-0.39, 0.29) is 19.2 Å². The van der Waals surface area contributed by atoms with Crippen LogP contribution in [0.4, 0.5) is 4.79 Å². The van der Waals surface area contributed by atoms with Crippen LogP contribution in [-0.2, 0) is 14.3 Å². The summed E-state index contributed by atoms with van der Waals surface area (Å²) in [6, 6.07) is -1.29. The fraction of sp³-hybridized carbons (Fsp3) is 0.846. The minimum absolute atomic E-state index is 0.0354. The molecule has 0 aliphatic carbocycles. The summed E-state index contributed by atoms with van der Waals surface area (Å²) in [6.07, 6.45) is 0.985. The monoisotopic (exact) mass is 288 g/mol. The number of carbonyl (C=O) groups is 2. The van der Waals surface area contributed by atoms with Gasteiger partial charge in [-0.05, 0) is 12.3 Å². The zero-order valence-corrected chi connectivity index (χ0v) is 12.1. The van der Waals surface area contributed by atoms with Crippen molar-refractivity contribution in [3.8, 4) is 0 Å². The molecule has 116 valence electrons. The summed E-state index contributed by atoms with van der Waals surface area (Å²) in [5.41, 5.74) is 0. The average molecular weight is 288 g/mol. The second kappa shape index (κ2) is 8.76. The van der Waals surface area contributed by atoms with E-state index >= 15 is 0 Å². The van der Waals surface area contributed by atoms with Gasteiger partial charge >= 0.3 is 12.0 Å². The smallest absolute Gasteiger partial charge is 0.328 e. The Bertz CT molecular complexity index is 322. The molecule has 1 aliphatic rings. The molecule has 0 radical (unpaired) electrons. The summed E-state index contributed by atoms with van der Waals surface area (Å²) in [5, 5.41) is 11.7. The summed E-state index contributed by atoms with van der Waals surface area (Å²) in [7, 11) is 0. The van der Waals surface area contributed by atoms with Gasteiger partial charge in [0.15, 0.2) is 6.04 Å². The largest absolute Gasteiger partial charge is 0.480 e. The van der Waals surface area contributed by atoms with Gasteiger partial charge in [0, 0.05) is 19.7 Å². The third-order valence-electron chi connectivity index (χ3n) is 3.04. The van der Waals surface area contributed by atoms with Gasteiger partial charge in [0.05, 0.1) is 19.8 Å². The van der Waals surface area contributed by atoms with Crippen molar-refractivity contribution in [1.82, 2.24) is 10.2 Å². The lowest BCUT2D eigenvalue weighted by molar-refractivity contribution is -0.147. The van der Waals surface area contributed by atoms with Crippen molar-refractivity contribution < 1.29 is 24.2 Å². The number of carboxylic acid groups (broad SMARTS) is 1. The second-order valence-corrected chi connectivity index (χ2v) is 5.15. The predicted molar refractivity (Wildman–Crippen MR) is 72.6 cm³/mol. The van der Waals surface area contributed by atoms with Crippen LogP contribution in [-0.4, -0.2) is 67.6 Å². The number of hydrogen-bond acceptors (Lipinski definition) is 4. The van der Waals surface area contributed by atoms with Crippen LogP contribution < -0.4 is 5.32 Å². The summed E-state index contributed by atoms with van der Waals surface area (Å²) in [6.45, 7) is 6.40. The van der Waals surface area contributed by atoms with Crippen molar-refractivity contribution in [2.45, 2.75) is 26.3 Å². The Labute approximate surface area is 119 Å². The van der Waals surface area contributed by atoms with Crippen LogP contribution in [0.15, 0.2) is 0 Å². The zero-order chi connectivity index (χ0) is 15.0. The lowest BCUT2D eigenvalue weighted by Gasteiger charge is -2.32. The maximum absolute atomic E-state index is 11.9. The van der Waals surface area contributed by atoms with Crippen LogP contribution in [0.1, 0.15) is 20.3 Å². The number of morpholine rings is 1. The molecule has 7 nitrogen and oxygen atoms in total. The Morgan fingerprint density at radius 2 is 2.20 bits per heavy atom. The standard InChI is InChI=1S/C13H24N2O5/c1-10(2)3-6-19-7-4-14-13(18)15-5-8-20-9-11(15)12(16)17/h10-11H,3-9H2,1-2H3,(H,14,18)(H,16,17). The Morgan fingerprint density at radius 1 is 1.45 bits per heavy atom. The number of aliphatic carboxylic acids is 1. The third kappa shape index (κ3) is 5.75. The molecular formula is C13H24N2O5. The fourth-order valence-corrected chi connectivity index (χ4v) is 1.80. The molecule has 1 rings (SSSR count). The molecule has 2 amide bonds. The van der Waals surface area contributed by atoms with E-state index in [4.69, 9.17) is 14.6 Å². The number of ether oxygens (including phenoxy) is 2. The van der Waals surface area contributed by atoms with E-state index in [1.54, 1.807) is 0 Å². The van der Waals surface area contributed by atoms with Crippen molar-refractivity contribution in [3.05, 3.63) is 0 Å². The Hall–Kier alpha value is -1.34. The second-order valence-electron chi connectivity index (χ2n) is 5.15. The van der Waals surface area contributed by atoms with Crippen LogP contribution in [0, 0.1) is 5.92 Å². The minimum Gasteiger partial charge on any atom is -0.480 e. The average Bonchev–Trinajstić information content (AvgIpc) is 2.42. The van der Waals surface area contributed by atoms with E-state index in [1.165, 1.54) is 4.90 Å². The third-order valence-corrected chi connectivity index (χ3v) is 3.04. The molecule has 1 saturated heterocycles. The molecule has 0 saturated carbocycles. The lowest BCUT2D eigenvalue weighted by Crippen LogP contribution is -2.55. The molecule has 1 heterocycles. The molecule has 0 aromatic heterocycles. The van der Waals surface area contributed by atoms with Crippen LogP contribution >= 0.6 is 0 Å². The van der Waals surface area contributed by atoms with Crippen molar-refractivity contribution in [2.75, 3.05) is 39.5 Å². The van der Waals surface area contributed by atoms with Gasteiger partial charge in [0.2, 0.25) is 0 Å². The van der Waals surface area contributed by atoms with Gasteiger partial charge in [-0.1, -0.05) is 13.8 Å². The molecule has 1 fully saturated rings. The molecule has 0 aromatic rings. The molecule has 1 atom stereocenters. The summed E-state index contributed by atoms with van der Waals surface area (Å²) < 4.78 is 10.5. The number of rotatable bonds is 7. The number of amides is 2. The lowest BCUT2D eigenvalue weighted by atomic mass is 10.1. The molecule has 2 N–H and O–H groups in total. The van der Waals surface area contributed by atoms with Gasteiger partial charge in [-0.3, -0.25) is 0 Å². The van der Waals surface area contributed by atoms with Gasteiger partial charge in [-0.2, -0.15) is 0 Å². The van der Waals surface area contributed by atoms with Gasteiger partial charge in [0.25, 0.3) is 0 Å². The highest BCUT2D eigenvalue weighted by Crippen LogP contribution is 2.07. The van der Waals surface area contributed by atoms with E-state index in [2.05, 4.69) is 19.2 Å². The van der Waals surface area contributed by atoms with E-state index in [0.717, 1.165) is 6.42 Å². The minimum atomic E-state index is -1.05. The van der Waals surface area contributed by atoms with Gasteiger partial charge in [0.1, 0.15) is 0 Å². The van der Waals surface area contributed by atoms with Crippen molar-refractivity contribution >= 4 is 12.0 Å². The quantitative estimate of drug-likeness (QED) is 0.668. The Morgan fingerprint density at radius 3 is 2.85 bits per heavy atom. The zero-order valence-electron chi connectivity index (χ0n) is 12.1. The Kier molecular flexibility index (Phi) is 7.32. The molecule has 7 heteroatoms. The molecule has 1 unspecified atom stereocenters. The first-order valence-corrected chi connectivity index (χ1v) is 6.95. The molecule has 0 aromatic carbocycles. The van der Waals surface area contributed by atoms with Crippen molar-refractivity contribution in [3.63, 3.8) is 0 Å². The molecule has 0 bridgehead atoms. The van der Waals surface area contributed by atoms with E-state index in [9.17, 15) is 9.59 Å². The molecule has 0 spiro atoms. The summed E-state index contributed by atoms with van der Waals surface area (Å²) in [5.74, 6) is -0.456. The number of nitrogens with zero attached hydrogens (tertiary/aromatic N) is 1. The molecule has 20 heavy (non-hydrogen) atoms. The van der Waals surface area contributed by atoms with Crippen molar-refractivity contribution in [1.29, 1.82) is 0 Å². The Balaban J connectivity index is 2.22. The first kappa shape index (κ1) is 16.7. The highest BCUT2D eigenvalue weighted by molar-refractivity contribution is 5.82. The van der Waals surface area contributed by atoms with Crippen LogP contribution in [0.25, 0.3) is 0 Å². The van der Waals surface area contributed by atoms with Crippen LogP contribution in [0.3, 0.4) is 0 Å². The maximum Gasteiger partial charge on any atom is 0.328 e. The highest BCUT2D eigenvalue weighted by Gasteiger charge is 2.32. The normalized spacial score (nSPS) is 19.1. The van der Waals surface area contributed by atoms with Gasteiger partial charge in [-0.25, -0.2) is 9.59 Å². The van der Waals surface area contributed by atoms with E-state index < -0.39 is 12.0 Å². The van der Waals surface area contributed by atoms with E-state index in [0.29, 0.717) is 32.3 Å². The number of carboxylic acids is 1. The molecular weight excluding hydrogens is 264 g/mol. The van der Waals surface area contributed by atoms with Crippen LogP contribution in [0.2, 0.25) is 0 Å².